The molecule has 0 fully saturated rings. The Morgan fingerprint density at radius 3 is 1.62 bits per heavy atom. The number of amides is 2. The van der Waals surface area contributed by atoms with Gasteiger partial charge in [0.2, 0.25) is 0 Å². The minimum atomic E-state index is -0.284. The molecular formula is C40H52N4O4. The van der Waals surface area contributed by atoms with Crippen LogP contribution in [-0.4, -0.2) is 45.1 Å². The largest absolute Gasteiger partial charge is 0.507 e. The maximum absolute atomic E-state index is 12.5. The van der Waals surface area contributed by atoms with E-state index in [0.717, 1.165) is 59.2 Å². The summed E-state index contributed by atoms with van der Waals surface area (Å²) >= 11 is 0. The van der Waals surface area contributed by atoms with Gasteiger partial charge in [0.05, 0.1) is 16.8 Å². The number of phenols is 2. The maximum atomic E-state index is 12.5. The Hall–Kier alpha value is -4.72. The predicted molar refractivity (Wildman–Crippen MR) is 195 cm³/mol. The fourth-order valence-electron chi connectivity index (χ4n) is 5.09. The Morgan fingerprint density at radius 1 is 0.667 bits per heavy atom. The SMILES string of the molecule is CCCCNC(=O)c1cc(-c2ccccn2)cc(C(C)(C)C)c1O.CCCCNC(=O)c1cc(-c2cccnc2)cc(C(C)(C)C)c1O. The van der Waals surface area contributed by atoms with Crippen molar-refractivity contribution in [2.24, 2.45) is 0 Å². The van der Waals surface area contributed by atoms with Crippen LogP contribution in [0.4, 0.5) is 0 Å². The summed E-state index contributed by atoms with van der Waals surface area (Å²) in [5.41, 5.74) is 4.97. The number of rotatable bonds is 10. The van der Waals surface area contributed by atoms with Crippen LogP contribution in [0.3, 0.4) is 0 Å². The van der Waals surface area contributed by atoms with Crippen molar-refractivity contribution in [1.29, 1.82) is 0 Å². The minimum Gasteiger partial charge on any atom is -0.507 e. The van der Waals surface area contributed by atoms with Crippen LogP contribution in [0.15, 0.2) is 73.2 Å². The predicted octanol–water partition coefficient (Wildman–Crippen LogP) is 8.56. The number of carbonyl (C=O) groups is 2. The second-order valence-corrected chi connectivity index (χ2v) is 14.0. The van der Waals surface area contributed by atoms with Gasteiger partial charge in [0.25, 0.3) is 11.8 Å². The van der Waals surface area contributed by atoms with Gasteiger partial charge in [-0.2, -0.15) is 0 Å². The molecule has 0 atom stereocenters. The summed E-state index contributed by atoms with van der Waals surface area (Å²) in [4.78, 5) is 33.5. The fraction of sp³-hybridized carbons (Fsp3) is 0.400. The van der Waals surface area contributed by atoms with Gasteiger partial charge in [0.1, 0.15) is 11.5 Å². The summed E-state index contributed by atoms with van der Waals surface area (Å²) in [6, 6.07) is 16.8. The van der Waals surface area contributed by atoms with Gasteiger partial charge in [-0.15, -0.1) is 0 Å². The Balaban J connectivity index is 0.000000260. The third-order valence-corrected chi connectivity index (χ3v) is 7.91. The van der Waals surface area contributed by atoms with Gasteiger partial charge in [-0.1, -0.05) is 80.4 Å². The molecule has 0 radical (unpaired) electrons. The molecule has 4 rings (SSSR count). The van der Waals surface area contributed by atoms with E-state index in [1.165, 1.54) is 0 Å². The van der Waals surface area contributed by atoms with E-state index < -0.39 is 0 Å². The third kappa shape index (κ3) is 10.1. The van der Waals surface area contributed by atoms with Crippen LogP contribution in [-0.2, 0) is 10.8 Å². The molecule has 2 heterocycles. The molecule has 256 valence electrons. The Labute approximate surface area is 286 Å². The van der Waals surface area contributed by atoms with Crippen LogP contribution in [0.5, 0.6) is 11.5 Å². The van der Waals surface area contributed by atoms with Crippen LogP contribution >= 0.6 is 0 Å². The molecule has 0 unspecified atom stereocenters. The number of phenolic OH excluding ortho intramolecular Hbond substituents is 2. The molecule has 4 N–H and O–H groups in total. The Morgan fingerprint density at radius 2 is 1.19 bits per heavy atom. The number of aromatic hydroxyl groups is 2. The second-order valence-electron chi connectivity index (χ2n) is 14.0. The molecule has 0 saturated carbocycles. The smallest absolute Gasteiger partial charge is 0.255 e. The summed E-state index contributed by atoms with van der Waals surface area (Å²) < 4.78 is 0. The van der Waals surface area contributed by atoms with E-state index in [1.807, 2.05) is 84.0 Å². The van der Waals surface area contributed by atoms with Crippen molar-refractivity contribution in [2.45, 2.75) is 91.9 Å². The van der Waals surface area contributed by atoms with E-state index in [9.17, 15) is 19.8 Å². The summed E-state index contributed by atoms with van der Waals surface area (Å²) in [5.74, 6) is -0.373. The van der Waals surface area contributed by atoms with Gasteiger partial charge >= 0.3 is 0 Å². The zero-order chi connectivity index (χ0) is 35.5. The highest BCUT2D eigenvalue weighted by Gasteiger charge is 2.26. The van der Waals surface area contributed by atoms with E-state index in [2.05, 4.69) is 34.4 Å². The van der Waals surface area contributed by atoms with Gasteiger partial charge in [0, 0.05) is 53.9 Å². The highest BCUT2D eigenvalue weighted by molar-refractivity contribution is 5.99. The van der Waals surface area contributed by atoms with Crippen molar-refractivity contribution in [2.75, 3.05) is 13.1 Å². The normalized spacial score (nSPS) is 11.3. The van der Waals surface area contributed by atoms with Crippen molar-refractivity contribution in [3.8, 4) is 33.9 Å². The first-order chi connectivity index (χ1) is 22.7. The van der Waals surface area contributed by atoms with E-state index >= 15 is 0 Å². The van der Waals surface area contributed by atoms with Gasteiger partial charge in [-0.25, -0.2) is 0 Å². The number of carbonyl (C=O) groups excluding carboxylic acids is 2. The van der Waals surface area contributed by atoms with Crippen LogP contribution < -0.4 is 10.6 Å². The van der Waals surface area contributed by atoms with Crippen molar-refractivity contribution >= 4 is 11.8 Å². The van der Waals surface area contributed by atoms with Gasteiger partial charge in [-0.3, -0.25) is 19.6 Å². The standard InChI is InChI=1S/2C20H26N2O2/c1-5-6-10-22-19(24)16-11-15(14-8-7-9-21-13-14)12-17(18(16)23)20(2,3)4;1-5-6-10-22-19(24)15-12-14(17-9-7-8-11-21-17)13-16(18(15)23)20(2,3)4/h2*7-9,11-13,23H,5-6,10H2,1-4H3,(H,22,24). The lowest BCUT2D eigenvalue weighted by atomic mass is 9.83. The van der Waals surface area contributed by atoms with Crippen molar-refractivity contribution < 1.29 is 19.8 Å². The number of hydrogen-bond donors (Lipinski definition) is 4. The highest BCUT2D eigenvalue weighted by Crippen LogP contribution is 2.38. The van der Waals surface area contributed by atoms with Crippen LogP contribution in [0.2, 0.25) is 0 Å². The molecule has 0 spiro atoms. The summed E-state index contributed by atoms with van der Waals surface area (Å²) in [6.07, 6.45) is 9.05. The molecule has 0 aliphatic carbocycles. The van der Waals surface area contributed by atoms with Crippen molar-refractivity contribution in [1.82, 2.24) is 20.6 Å². The number of nitrogens with zero attached hydrogens (tertiary/aromatic N) is 2. The van der Waals surface area contributed by atoms with E-state index in [1.54, 1.807) is 30.7 Å². The molecule has 8 nitrogen and oxygen atoms in total. The molecule has 0 aliphatic rings. The molecular weight excluding hydrogens is 600 g/mol. The number of unbranched alkanes of at least 4 members (excludes halogenated alkanes) is 2. The van der Waals surface area contributed by atoms with Gasteiger partial charge in [-0.05, 0) is 71.7 Å². The van der Waals surface area contributed by atoms with E-state index in [4.69, 9.17) is 0 Å². The number of aromatic nitrogens is 2. The summed E-state index contributed by atoms with van der Waals surface area (Å²) in [6.45, 7) is 17.5. The first kappa shape index (κ1) is 37.7. The molecule has 48 heavy (non-hydrogen) atoms. The Kier molecular flexibility index (Phi) is 13.3. The first-order valence-electron chi connectivity index (χ1n) is 16.8. The van der Waals surface area contributed by atoms with Crippen molar-refractivity contribution in [3.05, 3.63) is 95.4 Å². The van der Waals surface area contributed by atoms with Crippen molar-refractivity contribution in [3.63, 3.8) is 0 Å². The number of benzene rings is 2. The molecule has 0 aliphatic heterocycles. The molecule has 2 amide bonds. The molecule has 2 aromatic carbocycles. The quantitative estimate of drug-likeness (QED) is 0.127. The van der Waals surface area contributed by atoms with Gasteiger partial charge in [0.15, 0.2) is 0 Å². The molecule has 0 saturated heterocycles. The summed E-state index contributed by atoms with van der Waals surface area (Å²) in [7, 11) is 0. The number of nitrogens with one attached hydrogen (secondary N) is 2. The topological polar surface area (TPSA) is 124 Å². The fourth-order valence-corrected chi connectivity index (χ4v) is 5.09. The average Bonchev–Trinajstić information content (AvgIpc) is 3.05. The van der Waals surface area contributed by atoms with E-state index in [-0.39, 0.29) is 34.1 Å². The molecule has 2 aromatic heterocycles. The first-order valence-corrected chi connectivity index (χ1v) is 16.8. The minimum absolute atomic E-state index is 0.0520. The second kappa shape index (κ2) is 16.9. The zero-order valence-electron chi connectivity index (χ0n) is 29.8. The maximum Gasteiger partial charge on any atom is 0.255 e. The molecule has 4 aromatic rings. The van der Waals surface area contributed by atoms with Crippen LogP contribution in [0.25, 0.3) is 22.4 Å². The lowest BCUT2D eigenvalue weighted by molar-refractivity contribution is 0.0941. The van der Waals surface area contributed by atoms with E-state index in [0.29, 0.717) is 24.2 Å². The third-order valence-electron chi connectivity index (χ3n) is 7.91. The lowest BCUT2D eigenvalue weighted by Crippen LogP contribution is -2.25. The summed E-state index contributed by atoms with van der Waals surface area (Å²) in [5, 5.41) is 27.0. The number of hydrogen-bond acceptors (Lipinski definition) is 6. The Bertz CT molecular complexity index is 1530. The lowest BCUT2D eigenvalue weighted by Gasteiger charge is -2.23. The van der Waals surface area contributed by atoms with Crippen LogP contribution in [0, 0.1) is 0 Å². The molecule has 8 heteroatoms. The zero-order valence-corrected chi connectivity index (χ0v) is 29.8. The average molecular weight is 653 g/mol. The molecule has 0 bridgehead atoms. The van der Waals surface area contributed by atoms with Gasteiger partial charge < -0.3 is 20.8 Å². The number of pyridine rings is 2. The monoisotopic (exact) mass is 652 g/mol. The highest BCUT2D eigenvalue weighted by atomic mass is 16.3. The van der Waals surface area contributed by atoms with Crippen LogP contribution in [0.1, 0.15) is 113 Å².